The SMILES string of the molecule is CCn1c(CCNC(=O)c2ccccc2OCc2cn3cccc(C)c3n2)n[nH]c1=S. The number of aryl methyl sites for hydroxylation is 1. The summed E-state index contributed by atoms with van der Waals surface area (Å²) in [5.41, 5.74) is 3.28. The monoisotopic (exact) mass is 436 g/mol. The summed E-state index contributed by atoms with van der Waals surface area (Å²) in [6.07, 6.45) is 4.47. The van der Waals surface area contributed by atoms with Gasteiger partial charge in [-0.05, 0) is 49.8 Å². The van der Waals surface area contributed by atoms with E-state index in [-0.39, 0.29) is 12.5 Å². The van der Waals surface area contributed by atoms with E-state index in [4.69, 9.17) is 17.0 Å². The molecule has 0 fully saturated rings. The van der Waals surface area contributed by atoms with Gasteiger partial charge < -0.3 is 19.0 Å². The third-order valence-electron chi connectivity index (χ3n) is 5.02. The summed E-state index contributed by atoms with van der Waals surface area (Å²) in [5, 5.41) is 9.95. The fourth-order valence-corrected chi connectivity index (χ4v) is 3.74. The zero-order valence-corrected chi connectivity index (χ0v) is 18.3. The summed E-state index contributed by atoms with van der Waals surface area (Å²) >= 11 is 5.20. The third kappa shape index (κ3) is 4.51. The zero-order chi connectivity index (χ0) is 21.8. The molecule has 0 atom stereocenters. The number of carbonyl (C=O) groups excluding carboxylic acids is 1. The molecule has 0 aliphatic heterocycles. The quantitative estimate of drug-likeness (QED) is 0.413. The van der Waals surface area contributed by atoms with Gasteiger partial charge in [-0.3, -0.25) is 9.89 Å². The molecular formula is C22H24N6O2S. The maximum absolute atomic E-state index is 12.7. The van der Waals surface area contributed by atoms with E-state index in [1.54, 1.807) is 12.1 Å². The molecule has 0 unspecified atom stereocenters. The lowest BCUT2D eigenvalue weighted by Crippen LogP contribution is -2.27. The standard InChI is InChI=1S/C22H24N6O2S/c1-3-28-19(25-26-22(28)31)10-11-23-21(29)17-8-4-5-9-18(17)30-14-16-13-27-12-6-7-15(2)20(27)24-16/h4-9,12-13H,3,10-11,14H2,1-2H3,(H,23,29)(H,26,31). The van der Waals surface area contributed by atoms with Crippen molar-refractivity contribution in [3.05, 3.63) is 76.2 Å². The van der Waals surface area contributed by atoms with Crippen molar-refractivity contribution in [2.45, 2.75) is 33.4 Å². The molecule has 0 aliphatic carbocycles. The van der Waals surface area contributed by atoms with E-state index in [2.05, 4.69) is 20.5 Å². The molecule has 8 nitrogen and oxygen atoms in total. The molecule has 1 aromatic carbocycles. The number of H-pyrrole nitrogens is 1. The number of pyridine rings is 1. The molecule has 0 saturated heterocycles. The van der Waals surface area contributed by atoms with Gasteiger partial charge in [-0.1, -0.05) is 18.2 Å². The van der Waals surface area contributed by atoms with E-state index in [9.17, 15) is 4.79 Å². The number of hydrogen-bond donors (Lipinski definition) is 2. The average molecular weight is 437 g/mol. The fourth-order valence-electron chi connectivity index (χ4n) is 3.46. The molecule has 3 heterocycles. The van der Waals surface area contributed by atoms with Gasteiger partial charge in [0.15, 0.2) is 4.77 Å². The van der Waals surface area contributed by atoms with Crippen LogP contribution >= 0.6 is 12.2 Å². The number of ether oxygens (including phenoxy) is 1. The molecular weight excluding hydrogens is 412 g/mol. The Labute approximate surface area is 184 Å². The first-order chi connectivity index (χ1) is 15.1. The minimum Gasteiger partial charge on any atom is -0.486 e. The second kappa shape index (κ2) is 9.13. The van der Waals surface area contributed by atoms with Crippen molar-refractivity contribution in [3.63, 3.8) is 0 Å². The van der Waals surface area contributed by atoms with Gasteiger partial charge >= 0.3 is 0 Å². The van der Waals surface area contributed by atoms with Crippen LogP contribution in [0.1, 0.15) is 34.4 Å². The Kier molecular flexibility index (Phi) is 6.13. The Hall–Kier alpha value is -3.46. The molecule has 2 N–H and O–H groups in total. The molecule has 3 aromatic heterocycles. The number of imidazole rings is 1. The first-order valence-electron chi connectivity index (χ1n) is 10.1. The molecule has 1 amide bonds. The first-order valence-corrected chi connectivity index (χ1v) is 10.5. The van der Waals surface area contributed by atoms with Gasteiger partial charge in [0.05, 0.1) is 11.3 Å². The van der Waals surface area contributed by atoms with Gasteiger partial charge in [-0.2, -0.15) is 5.10 Å². The van der Waals surface area contributed by atoms with Gasteiger partial charge in [0.25, 0.3) is 5.91 Å². The van der Waals surface area contributed by atoms with E-state index in [0.29, 0.717) is 29.0 Å². The normalized spacial score (nSPS) is 11.0. The largest absolute Gasteiger partial charge is 0.486 e. The van der Waals surface area contributed by atoms with Gasteiger partial charge in [0.1, 0.15) is 23.8 Å². The number of rotatable bonds is 8. The van der Waals surface area contributed by atoms with E-state index in [1.807, 2.05) is 59.5 Å². The minimum absolute atomic E-state index is 0.196. The number of nitrogens with one attached hydrogen (secondary N) is 2. The molecule has 4 aromatic rings. The summed E-state index contributed by atoms with van der Waals surface area (Å²) in [7, 11) is 0. The summed E-state index contributed by atoms with van der Waals surface area (Å²) in [5.74, 6) is 1.14. The highest BCUT2D eigenvalue weighted by atomic mass is 32.1. The van der Waals surface area contributed by atoms with Gasteiger partial charge in [0, 0.05) is 31.9 Å². The van der Waals surface area contributed by atoms with Crippen LogP contribution in [0.5, 0.6) is 5.75 Å². The van der Waals surface area contributed by atoms with Crippen molar-refractivity contribution in [1.29, 1.82) is 0 Å². The van der Waals surface area contributed by atoms with Crippen molar-refractivity contribution in [2.75, 3.05) is 6.54 Å². The summed E-state index contributed by atoms with van der Waals surface area (Å²) < 4.78 is 10.4. The maximum Gasteiger partial charge on any atom is 0.255 e. The Bertz CT molecular complexity index is 1270. The van der Waals surface area contributed by atoms with Crippen molar-refractivity contribution in [1.82, 2.24) is 29.5 Å². The number of nitrogens with zero attached hydrogens (tertiary/aromatic N) is 4. The van der Waals surface area contributed by atoms with Crippen molar-refractivity contribution in [3.8, 4) is 5.75 Å². The molecule has 4 rings (SSSR count). The molecule has 0 bridgehead atoms. The van der Waals surface area contributed by atoms with Crippen LogP contribution < -0.4 is 10.1 Å². The number of hydrogen-bond acceptors (Lipinski definition) is 5. The number of aromatic amines is 1. The fraction of sp³-hybridized carbons (Fsp3) is 0.273. The van der Waals surface area contributed by atoms with Crippen LogP contribution in [0.25, 0.3) is 5.65 Å². The summed E-state index contributed by atoms with van der Waals surface area (Å²) in [4.78, 5) is 17.4. The van der Waals surface area contributed by atoms with Crippen LogP contribution in [0.2, 0.25) is 0 Å². The second-order valence-electron chi connectivity index (χ2n) is 7.13. The highest BCUT2D eigenvalue weighted by Crippen LogP contribution is 2.20. The Morgan fingerprint density at radius 2 is 2.10 bits per heavy atom. The molecule has 0 radical (unpaired) electrons. The highest BCUT2D eigenvalue weighted by molar-refractivity contribution is 7.71. The summed E-state index contributed by atoms with van der Waals surface area (Å²) in [6.45, 7) is 5.48. The van der Waals surface area contributed by atoms with Crippen molar-refractivity contribution in [2.24, 2.45) is 0 Å². The van der Waals surface area contributed by atoms with E-state index < -0.39 is 0 Å². The van der Waals surface area contributed by atoms with Crippen LogP contribution in [-0.2, 0) is 19.6 Å². The minimum atomic E-state index is -0.196. The van der Waals surface area contributed by atoms with Crippen LogP contribution in [-0.4, -0.2) is 36.6 Å². The van der Waals surface area contributed by atoms with E-state index >= 15 is 0 Å². The number of para-hydroxylation sites is 1. The number of amides is 1. The van der Waals surface area contributed by atoms with E-state index in [0.717, 1.165) is 29.3 Å². The first kappa shape index (κ1) is 20.8. The van der Waals surface area contributed by atoms with Gasteiger partial charge in [0.2, 0.25) is 0 Å². The van der Waals surface area contributed by atoms with Crippen LogP contribution in [0.3, 0.4) is 0 Å². The molecule has 0 aliphatic rings. The molecule has 9 heteroatoms. The summed E-state index contributed by atoms with van der Waals surface area (Å²) in [6, 6.07) is 11.2. The Morgan fingerprint density at radius 1 is 1.26 bits per heavy atom. The van der Waals surface area contributed by atoms with Crippen LogP contribution in [0, 0.1) is 11.7 Å². The van der Waals surface area contributed by atoms with Crippen LogP contribution in [0.4, 0.5) is 0 Å². The lowest BCUT2D eigenvalue weighted by Gasteiger charge is -2.11. The molecule has 31 heavy (non-hydrogen) atoms. The van der Waals surface area contributed by atoms with Crippen molar-refractivity contribution >= 4 is 23.8 Å². The number of carbonyl (C=O) groups is 1. The van der Waals surface area contributed by atoms with E-state index in [1.165, 1.54) is 0 Å². The third-order valence-corrected chi connectivity index (χ3v) is 5.33. The van der Waals surface area contributed by atoms with Gasteiger partial charge in [-0.15, -0.1) is 0 Å². The second-order valence-corrected chi connectivity index (χ2v) is 7.52. The number of benzene rings is 1. The lowest BCUT2D eigenvalue weighted by molar-refractivity contribution is 0.0949. The Morgan fingerprint density at radius 3 is 2.90 bits per heavy atom. The predicted octanol–water partition coefficient (Wildman–Crippen LogP) is 3.47. The Balaban J connectivity index is 1.40. The molecule has 0 spiro atoms. The predicted molar refractivity (Wildman–Crippen MR) is 120 cm³/mol. The molecule has 0 saturated carbocycles. The maximum atomic E-state index is 12.7. The zero-order valence-electron chi connectivity index (χ0n) is 17.5. The van der Waals surface area contributed by atoms with Crippen molar-refractivity contribution < 1.29 is 9.53 Å². The average Bonchev–Trinajstić information content (AvgIpc) is 3.36. The highest BCUT2D eigenvalue weighted by Gasteiger charge is 2.13. The smallest absolute Gasteiger partial charge is 0.255 e. The van der Waals surface area contributed by atoms with Crippen LogP contribution in [0.15, 0.2) is 48.8 Å². The number of fused-ring (bicyclic) bond motifs is 1. The topological polar surface area (TPSA) is 89.2 Å². The lowest BCUT2D eigenvalue weighted by atomic mass is 10.2. The number of aromatic nitrogens is 5. The molecule has 160 valence electrons. The van der Waals surface area contributed by atoms with Gasteiger partial charge in [-0.25, -0.2) is 4.98 Å².